The second-order valence-corrected chi connectivity index (χ2v) is 4.37. The van der Waals surface area contributed by atoms with Crippen molar-refractivity contribution >= 4 is 11.8 Å². The Labute approximate surface area is 121 Å². The maximum absolute atomic E-state index is 11.7. The molecule has 2 amide bonds. The molecule has 0 aliphatic heterocycles. The number of phenolic OH excluding ortho intramolecular Hbond substituents is 1. The molecule has 2 aromatic rings. The monoisotopic (exact) mass is 285 g/mol. The highest BCUT2D eigenvalue weighted by atomic mass is 16.3. The van der Waals surface area contributed by atoms with Gasteiger partial charge in [0.1, 0.15) is 5.75 Å². The molecule has 1 aromatic carbocycles. The molecule has 1 aromatic heterocycles. The number of aromatic hydroxyl groups is 1. The number of phenols is 1. The quantitative estimate of drug-likeness (QED) is 0.736. The highest BCUT2D eigenvalue weighted by molar-refractivity contribution is 5.95. The van der Waals surface area contributed by atoms with Crippen molar-refractivity contribution in [1.29, 1.82) is 0 Å². The largest absolute Gasteiger partial charge is 0.508 e. The van der Waals surface area contributed by atoms with Gasteiger partial charge < -0.3 is 5.11 Å². The number of hydrogen-bond donors (Lipinski definition) is 3. The van der Waals surface area contributed by atoms with Crippen molar-refractivity contribution < 1.29 is 14.7 Å². The summed E-state index contributed by atoms with van der Waals surface area (Å²) >= 11 is 0. The summed E-state index contributed by atoms with van der Waals surface area (Å²) in [5.74, 6) is -0.612. The Bertz CT molecular complexity index is 629. The van der Waals surface area contributed by atoms with Gasteiger partial charge in [-0.3, -0.25) is 25.4 Å². The normalized spacial score (nSPS) is 9.90. The van der Waals surface area contributed by atoms with Crippen LogP contribution in [0.2, 0.25) is 0 Å². The van der Waals surface area contributed by atoms with Crippen LogP contribution in [0.5, 0.6) is 5.75 Å². The van der Waals surface area contributed by atoms with Crippen molar-refractivity contribution in [2.75, 3.05) is 0 Å². The van der Waals surface area contributed by atoms with Gasteiger partial charge in [0, 0.05) is 18.8 Å². The number of hydrazine groups is 1. The summed E-state index contributed by atoms with van der Waals surface area (Å²) in [5.41, 5.74) is 5.68. The zero-order valence-corrected chi connectivity index (χ0v) is 11.2. The number of para-hydroxylation sites is 1. The lowest BCUT2D eigenvalue weighted by Gasteiger charge is -2.07. The smallest absolute Gasteiger partial charge is 0.271 e. The molecule has 0 aliphatic rings. The Kier molecular flexibility index (Phi) is 4.87. The number of carbonyl (C=O) groups excluding carboxylic acids is 2. The second kappa shape index (κ2) is 7.04. The highest BCUT2D eigenvalue weighted by Crippen LogP contribution is 2.16. The van der Waals surface area contributed by atoms with Crippen LogP contribution in [-0.2, 0) is 11.2 Å². The van der Waals surface area contributed by atoms with Crippen LogP contribution >= 0.6 is 0 Å². The first-order valence-corrected chi connectivity index (χ1v) is 6.43. The minimum atomic E-state index is -0.431. The average Bonchev–Trinajstić information content (AvgIpc) is 2.52. The number of benzene rings is 1. The van der Waals surface area contributed by atoms with Gasteiger partial charge in [-0.25, -0.2) is 0 Å². The summed E-state index contributed by atoms with van der Waals surface area (Å²) in [6.07, 6.45) is 3.51. The topological polar surface area (TPSA) is 91.3 Å². The van der Waals surface area contributed by atoms with Gasteiger partial charge in [-0.15, -0.1) is 0 Å². The first kappa shape index (κ1) is 14.5. The molecule has 0 radical (unpaired) electrons. The van der Waals surface area contributed by atoms with Crippen molar-refractivity contribution in [3.05, 3.63) is 59.9 Å². The van der Waals surface area contributed by atoms with E-state index in [2.05, 4.69) is 15.8 Å². The Morgan fingerprint density at radius 3 is 2.62 bits per heavy atom. The molecule has 1 heterocycles. The summed E-state index contributed by atoms with van der Waals surface area (Å²) in [5, 5.41) is 9.58. The van der Waals surface area contributed by atoms with Crippen LogP contribution in [0.15, 0.2) is 48.8 Å². The summed E-state index contributed by atoms with van der Waals surface area (Å²) in [6, 6.07) is 10.0. The number of hydrogen-bond acceptors (Lipinski definition) is 4. The third-order valence-corrected chi connectivity index (χ3v) is 2.85. The minimum Gasteiger partial charge on any atom is -0.508 e. The van der Waals surface area contributed by atoms with Crippen molar-refractivity contribution in [2.24, 2.45) is 0 Å². The molecule has 6 heteroatoms. The van der Waals surface area contributed by atoms with Gasteiger partial charge >= 0.3 is 0 Å². The van der Waals surface area contributed by atoms with E-state index in [-0.39, 0.29) is 18.1 Å². The van der Waals surface area contributed by atoms with Gasteiger partial charge in [-0.2, -0.15) is 0 Å². The molecule has 2 rings (SSSR count). The SMILES string of the molecule is O=C(CCc1ccccc1O)NNC(=O)c1cccnc1. The van der Waals surface area contributed by atoms with Crippen LogP contribution in [0.25, 0.3) is 0 Å². The van der Waals surface area contributed by atoms with Crippen LogP contribution in [0.3, 0.4) is 0 Å². The van der Waals surface area contributed by atoms with Crippen LogP contribution in [-0.4, -0.2) is 21.9 Å². The lowest BCUT2D eigenvalue weighted by Crippen LogP contribution is -2.41. The number of carbonyl (C=O) groups is 2. The molecule has 0 fully saturated rings. The summed E-state index contributed by atoms with van der Waals surface area (Å²) in [6.45, 7) is 0. The number of pyridine rings is 1. The lowest BCUT2D eigenvalue weighted by atomic mass is 10.1. The number of aromatic nitrogens is 1. The summed E-state index contributed by atoms with van der Waals surface area (Å²) in [4.78, 5) is 27.1. The highest BCUT2D eigenvalue weighted by Gasteiger charge is 2.08. The third-order valence-electron chi connectivity index (χ3n) is 2.85. The van der Waals surface area contributed by atoms with E-state index < -0.39 is 5.91 Å². The number of aryl methyl sites for hydroxylation is 1. The molecule has 0 atom stereocenters. The Morgan fingerprint density at radius 2 is 1.90 bits per heavy atom. The Hall–Kier alpha value is -2.89. The van der Waals surface area contributed by atoms with Gasteiger partial charge in [0.25, 0.3) is 5.91 Å². The molecule has 0 saturated heterocycles. The van der Waals surface area contributed by atoms with E-state index >= 15 is 0 Å². The molecule has 0 spiro atoms. The Morgan fingerprint density at radius 1 is 1.10 bits per heavy atom. The van der Waals surface area contributed by atoms with Gasteiger partial charge in [0.15, 0.2) is 0 Å². The molecular formula is C15H15N3O3. The van der Waals surface area contributed by atoms with Crippen LogP contribution in [0, 0.1) is 0 Å². The zero-order valence-electron chi connectivity index (χ0n) is 11.2. The van der Waals surface area contributed by atoms with Crippen LogP contribution in [0.4, 0.5) is 0 Å². The fraction of sp³-hybridized carbons (Fsp3) is 0.133. The number of nitrogens with one attached hydrogen (secondary N) is 2. The first-order chi connectivity index (χ1) is 10.2. The standard InChI is InChI=1S/C15H15N3O3/c19-13-6-2-1-4-11(13)7-8-14(20)17-18-15(21)12-5-3-9-16-10-12/h1-6,9-10,19H,7-8H2,(H,17,20)(H,18,21). The molecule has 108 valence electrons. The molecule has 0 saturated carbocycles. The van der Waals surface area contributed by atoms with Gasteiger partial charge in [0.05, 0.1) is 5.56 Å². The number of rotatable bonds is 4. The maximum Gasteiger partial charge on any atom is 0.271 e. The Balaban J connectivity index is 1.78. The van der Waals surface area contributed by atoms with Crippen LogP contribution in [0.1, 0.15) is 22.3 Å². The van der Waals surface area contributed by atoms with Crippen molar-refractivity contribution in [3.63, 3.8) is 0 Å². The molecule has 0 unspecified atom stereocenters. The molecule has 0 aliphatic carbocycles. The van der Waals surface area contributed by atoms with E-state index in [1.54, 1.807) is 42.6 Å². The lowest BCUT2D eigenvalue weighted by molar-refractivity contribution is -0.121. The summed E-state index contributed by atoms with van der Waals surface area (Å²) in [7, 11) is 0. The van der Waals surface area contributed by atoms with Crippen molar-refractivity contribution in [3.8, 4) is 5.75 Å². The van der Waals surface area contributed by atoms with E-state index in [4.69, 9.17) is 0 Å². The fourth-order valence-corrected chi connectivity index (χ4v) is 1.73. The molecule has 0 bridgehead atoms. The average molecular weight is 285 g/mol. The predicted octanol–water partition coefficient (Wildman–Crippen LogP) is 1.18. The van der Waals surface area contributed by atoms with E-state index in [0.717, 1.165) is 0 Å². The van der Waals surface area contributed by atoms with E-state index in [0.29, 0.717) is 17.5 Å². The maximum atomic E-state index is 11.7. The number of amides is 2. The van der Waals surface area contributed by atoms with Crippen molar-refractivity contribution in [1.82, 2.24) is 15.8 Å². The van der Waals surface area contributed by atoms with Crippen LogP contribution < -0.4 is 10.9 Å². The van der Waals surface area contributed by atoms with Gasteiger partial charge in [0.2, 0.25) is 5.91 Å². The third kappa shape index (κ3) is 4.31. The number of nitrogens with zero attached hydrogens (tertiary/aromatic N) is 1. The molecular weight excluding hydrogens is 270 g/mol. The molecule has 3 N–H and O–H groups in total. The zero-order chi connectivity index (χ0) is 15.1. The van der Waals surface area contributed by atoms with Crippen molar-refractivity contribution in [2.45, 2.75) is 12.8 Å². The first-order valence-electron chi connectivity index (χ1n) is 6.43. The van der Waals surface area contributed by atoms with E-state index in [1.165, 1.54) is 6.20 Å². The van der Waals surface area contributed by atoms with Gasteiger partial charge in [-0.05, 0) is 30.2 Å². The minimum absolute atomic E-state index is 0.157. The molecule has 21 heavy (non-hydrogen) atoms. The molecule has 6 nitrogen and oxygen atoms in total. The van der Waals surface area contributed by atoms with Gasteiger partial charge in [-0.1, -0.05) is 18.2 Å². The predicted molar refractivity (Wildman–Crippen MR) is 76.3 cm³/mol. The second-order valence-electron chi connectivity index (χ2n) is 4.37. The van der Waals surface area contributed by atoms with E-state index in [9.17, 15) is 14.7 Å². The van der Waals surface area contributed by atoms with E-state index in [1.807, 2.05) is 0 Å². The fourth-order valence-electron chi connectivity index (χ4n) is 1.73. The summed E-state index contributed by atoms with van der Waals surface area (Å²) < 4.78 is 0.